The van der Waals surface area contributed by atoms with Crippen LogP contribution in [0.3, 0.4) is 0 Å². The van der Waals surface area contributed by atoms with E-state index in [9.17, 15) is 0 Å². The summed E-state index contributed by atoms with van der Waals surface area (Å²) in [4.78, 5) is 0. The number of nitrogens with two attached hydrogens (primary N) is 1. The fraction of sp³-hybridized carbons (Fsp3) is 0.667. The average molecular weight is 277 g/mol. The van der Waals surface area contributed by atoms with Gasteiger partial charge in [-0.1, -0.05) is 57.6 Å². The smallest absolute Gasteiger partial charge is 0.124 e. The van der Waals surface area contributed by atoms with Crippen LogP contribution < -0.4 is 10.5 Å². The van der Waals surface area contributed by atoms with Gasteiger partial charge in [0.05, 0.1) is 6.61 Å². The van der Waals surface area contributed by atoms with Crippen LogP contribution in [-0.2, 0) is 0 Å². The topological polar surface area (TPSA) is 35.2 Å². The van der Waals surface area contributed by atoms with Gasteiger partial charge in [-0.3, -0.25) is 0 Å². The first-order chi connectivity index (χ1) is 9.65. The summed E-state index contributed by atoms with van der Waals surface area (Å²) in [6, 6.07) is 6.30. The Morgan fingerprint density at radius 3 is 2.35 bits per heavy atom. The van der Waals surface area contributed by atoms with Crippen molar-refractivity contribution in [2.24, 2.45) is 5.73 Å². The Hall–Kier alpha value is -1.02. The second-order valence-corrected chi connectivity index (χ2v) is 5.80. The van der Waals surface area contributed by atoms with Gasteiger partial charge in [-0.05, 0) is 31.9 Å². The number of benzene rings is 1. The van der Waals surface area contributed by atoms with Gasteiger partial charge in [-0.2, -0.15) is 0 Å². The molecule has 0 fully saturated rings. The predicted molar refractivity (Wildman–Crippen MR) is 87.3 cm³/mol. The summed E-state index contributed by atoms with van der Waals surface area (Å²) < 4.78 is 5.93. The van der Waals surface area contributed by atoms with Gasteiger partial charge in [0.15, 0.2) is 0 Å². The summed E-state index contributed by atoms with van der Waals surface area (Å²) >= 11 is 0. The SMILES string of the molecule is CCCCCCCCCOc1cc(C)ccc1[C@H](C)N. The number of hydrogen-bond donors (Lipinski definition) is 1. The molecule has 0 saturated heterocycles. The molecular weight excluding hydrogens is 246 g/mol. The Morgan fingerprint density at radius 1 is 1.05 bits per heavy atom. The maximum atomic E-state index is 5.98. The van der Waals surface area contributed by atoms with Crippen molar-refractivity contribution in [2.45, 2.75) is 71.8 Å². The summed E-state index contributed by atoms with van der Waals surface area (Å²) in [5.41, 5.74) is 8.32. The zero-order chi connectivity index (χ0) is 14.8. The summed E-state index contributed by atoms with van der Waals surface area (Å²) in [6.07, 6.45) is 9.17. The van der Waals surface area contributed by atoms with E-state index in [2.05, 4.69) is 32.0 Å². The Balaban J connectivity index is 2.26. The standard InChI is InChI=1S/C18H31NO/c1-4-5-6-7-8-9-10-13-20-18-14-15(2)11-12-17(18)16(3)19/h11-12,14,16H,4-10,13,19H2,1-3H3/t16-/m0/s1. The van der Waals surface area contributed by atoms with Gasteiger partial charge >= 0.3 is 0 Å². The Morgan fingerprint density at radius 2 is 1.70 bits per heavy atom. The maximum Gasteiger partial charge on any atom is 0.124 e. The van der Waals surface area contributed by atoms with E-state index in [1.807, 2.05) is 6.92 Å². The van der Waals surface area contributed by atoms with Crippen molar-refractivity contribution >= 4 is 0 Å². The van der Waals surface area contributed by atoms with Crippen molar-refractivity contribution in [3.63, 3.8) is 0 Å². The van der Waals surface area contributed by atoms with Gasteiger partial charge in [-0.15, -0.1) is 0 Å². The highest BCUT2D eigenvalue weighted by Gasteiger charge is 2.08. The number of ether oxygens (including phenoxy) is 1. The lowest BCUT2D eigenvalue weighted by atomic mass is 10.1. The Bertz CT molecular complexity index is 374. The molecule has 0 radical (unpaired) electrons. The van der Waals surface area contributed by atoms with Crippen LogP contribution in [0.1, 0.15) is 76.0 Å². The van der Waals surface area contributed by atoms with Crippen molar-refractivity contribution in [3.8, 4) is 5.75 Å². The molecule has 0 aliphatic heterocycles. The van der Waals surface area contributed by atoms with E-state index in [0.29, 0.717) is 0 Å². The second kappa shape index (κ2) is 9.82. The highest BCUT2D eigenvalue weighted by Crippen LogP contribution is 2.25. The molecule has 114 valence electrons. The number of aryl methyl sites for hydroxylation is 1. The lowest BCUT2D eigenvalue weighted by Crippen LogP contribution is -2.09. The van der Waals surface area contributed by atoms with Gasteiger partial charge < -0.3 is 10.5 Å². The molecule has 0 heterocycles. The van der Waals surface area contributed by atoms with Gasteiger partial charge in [0.25, 0.3) is 0 Å². The number of hydrogen-bond acceptors (Lipinski definition) is 2. The maximum absolute atomic E-state index is 5.98. The molecule has 1 rings (SSSR count). The van der Waals surface area contributed by atoms with Crippen LogP contribution in [0.25, 0.3) is 0 Å². The van der Waals surface area contributed by atoms with Crippen molar-refractivity contribution < 1.29 is 4.74 Å². The van der Waals surface area contributed by atoms with E-state index in [-0.39, 0.29) is 6.04 Å². The molecular formula is C18H31NO. The third-order valence-electron chi connectivity index (χ3n) is 3.67. The lowest BCUT2D eigenvalue weighted by Gasteiger charge is -2.14. The van der Waals surface area contributed by atoms with Crippen molar-refractivity contribution in [1.82, 2.24) is 0 Å². The zero-order valence-electron chi connectivity index (χ0n) is 13.5. The highest BCUT2D eigenvalue weighted by atomic mass is 16.5. The van der Waals surface area contributed by atoms with Crippen LogP contribution >= 0.6 is 0 Å². The molecule has 1 aromatic rings. The normalized spacial score (nSPS) is 12.4. The monoisotopic (exact) mass is 277 g/mol. The third kappa shape index (κ3) is 6.42. The largest absolute Gasteiger partial charge is 0.493 e. The van der Waals surface area contributed by atoms with E-state index in [1.54, 1.807) is 0 Å². The summed E-state index contributed by atoms with van der Waals surface area (Å²) in [5.74, 6) is 0.964. The Labute approximate surface area is 124 Å². The number of unbranched alkanes of at least 4 members (excludes halogenated alkanes) is 6. The third-order valence-corrected chi connectivity index (χ3v) is 3.67. The minimum atomic E-state index is 0.0274. The number of rotatable bonds is 10. The molecule has 1 aromatic carbocycles. The van der Waals surface area contributed by atoms with E-state index in [0.717, 1.165) is 24.3 Å². The highest BCUT2D eigenvalue weighted by molar-refractivity contribution is 5.38. The molecule has 0 saturated carbocycles. The second-order valence-electron chi connectivity index (χ2n) is 5.80. The van der Waals surface area contributed by atoms with Crippen LogP contribution in [0.5, 0.6) is 5.75 Å². The molecule has 2 N–H and O–H groups in total. The average Bonchev–Trinajstić information content (AvgIpc) is 2.41. The van der Waals surface area contributed by atoms with Crippen molar-refractivity contribution in [2.75, 3.05) is 6.61 Å². The van der Waals surface area contributed by atoms with Gasteiger partial charge in [0.2, 0.25) is 0 Å². The molecule has 0 aliphatic rings. The minimum absolute atomic E-state index is 0.0274. The fourth-order valence-corrected chi connectivity index (χ4v) is 2.38. The molecule has 0 amide bonds. The van der Waals surface area contributed by atoms with Crippen molar-refractivity contribution in [3.05, 3.63) is 29.3 Å². The van der Waals surface area contributed by atoms with Crippen LogP contribution in [-0.4, -0.2) is 6.61 Å². The van der Waals surface area contributed by atoms with Crippen LogP contribution in [0.4, 0.5) is 0 Å². The zero-order valence-corrected chi connectivity index (χ0v) is 13.5. The summed E-state index contributed by atoms with van der Waals surface area (Å²) in [5, 5.41) is 0. The fourth-order valence-electron chi connectivity index (χ4n) is 2.38. The van der Waals surface area contributed by atoms with E-state index in [1.165, 1.54) is 44.1 Å². The molecule has 0 aromatic heterocycles. The van der Waals surface area contributed by atoms with Crippen LogP contribution in [0.15, 0.2) is 18.2 Å². The molecule has 0 aliphatic carbocycles. The molecule has 0 unspecified atom stereocenters. The first kappa shape index (κ1) is 17.0. The van der Waals surface area contributed by atoms with E-state index >= 15 is 0 Å². The first-order valence-electron chi connectivity index (χ1n) is 8.14. The molecule has 0 bridgehead atoms. The van der Waals surface area contributed by atoms with Gasteiger partial charge in [0, 0.05) is 11.6 Å². The summed E-state index contributed by atoms with van der Waals surface area (Å²) in [6.45, 7) is 7.15. The quantitative estimate of drug-likeness (QED) is 0.601. The van der Waals surface area contributed by atoms with Crippen molar-refractivity contribution in [1.29, 1.82) is 0 Å². The summed E-state index contributed by atoms with van der Waals surface area (Å²) in [7, 11) is 0. The predicted octanol–water partition coefficient (Wildman–Crippen LogP) is 5.14. The van der Waals surface area contributed by atoms with E-state index in [4.69, 9.17) is 10.5 Å². The molecule has 1 atom stereocenters. The van der Waals surface area contributed by atoms with Crippen LogP contribution in [0.2, 0.25) is 0 Å². The minimum Gasteiger partial charge on any atom is -0.493 e. The van der Waals surface area contributed by atoms with Gasteiger partial charge in [-0.25, -0.2) is 0 Å². The Kier molecular flexibility index (Phi) is 8.36. The molecule has 0 spiro atoms. The molecule has 2 nitrogen and oxygen atoms in total. The molecule has 20 heavy (non-hydrogen) atoms. The first-order valence-corrected chi connectivity index (χ1v) is 8.14. The van der Waals surface area contributed by atoms with E-state index < -0.39 is 0 Å². The van der Waals surface area contributed by atoms with Crippen LogP contribution in [0, 0.1) is 6.92 Å². The lowest BCUT2D eigenvalue weighted by molar-refractivity contribution is 0.300. The molecule has 2 heteroatoms. The van der Waals surface area contributed by atoms with Gasteiger partial charge in [0.1, 0.15) is 5.75 Å².